The Labute approximate surface area is 206 Å². The molecule has 0 unspecified atom stereocenters. The van der Waals surface area contributed by atoms with Crippen LogP contribution in [0.1, 0.15) is 98.3 Å². The second-order valence-electron chi connectivity index (χ2n) is 13.4. The Bertz CT molecular complexity index is 754. The van der Waals surface area contributed by atoms with Crippen LogP contribution in [0.5, 0.6) is 0 Å². The SMILES string of the molecule is CC[C@H]1[C@@H](O)[C@@H]2[C@H](CC[C@]3(C)[C@@H]([C@H](C)CCOC(=O)NC4CC4)CC[C@@H]23)[C@@]2(C)CC[C@@H](O)C[C@@H]12. The second kappa shape index (κ2) is 9.25. The summed E-state index contributed by atoms with van der Waals surface area (Å²) >= 11 is 0. The van der Waals surface area contributed by atoms with E-state index < -0.39 is 0 Å². The van der Waals surface area contributed by atoms with Crippen molar-refractivity contribution >= 4 is 6.09 Å². The number of rotatable bonds is 6. The van der Waals surface area contributed by atoms with E-state index in [0.717, 1.165) is 44.9 Å². The van der Waals surface area contributed by atoms with Gasteiger partial charge in [-0.1, -0.05) is 34.1 Å². The van der Waals surface area contributed by atoms with E-state index in [1.54, 1.807) is 0 Å². The number of amides is 1. The number of nitrogens with one attached hydrogen (secondary N) is 1. The molecule has 5 fully saturated rings. The van der Waals surface area contributed by atoms with Gasteiger partial charge in [0.15, 0.2) is 0 Å². The Morgan fingerprint density at radius 1 is 1.00 bits per heavy atom. The number of aliphatic hydroxyl groups is 2. The van der Waals surface area contributed by atoms with Crippen LogP contribution in [0.2, 0.25) is 0 Å². The molecule has 11 atom stereocenters. The quantitative estimate of drug-likeness (QED) is 0.472. The molecule has 0 aromatic heterocycles. The summed E-state index contributed by atoms with van der Waals surface area (Å²) in [6, 6.07) is 0.345. The minimum Gasteiger partial charge on any atom is -0.450 e. The van der Waals surface area contributed by atoms with Crippen LogP contribution >= 0.6 is 0 Å². The molecule has 0 aromatic rings. The average Bonchev–Trinajstić information content (AvgIpc) is 3.53. The van der Waals surface area contributed by atoms with Crippen molar-refractivity contribution in [2.24, 2.45) is 52.3 Å². The summed E-state index contributed by atoms with van der Waals surface area (Å²) in [7, 11) is 0. The van der Waals surface area contributed by atoms with Gasteiger partial charge in [-0.2, -0.15) is 0 Å². The molecule has 0 heterocycles. The highest BCUT2D eigenvalue weighted by molar-refractivity contribution is 5.67. The summed E-state index contributed by atoms with van der Waals surface area (Å²) in [4.78, 5) is 11.9. The van der Waals surface area contributed by atoms with Gasteiger partial charge >= 0.3 is 6.09 Å². The highest BCUT2D eigenvalue weighted by Crippen LogP contribution is 2.69. The van der Waals surface area contributed by atoms with E-state index in [9.17, 15) is 15.0 Å². The van der Waals surface area contributed by atoms with Crippen molar-refractivity contribution in [1.82, 2.24) is 5.32 Å². The average molecular weight is 476 g/mol. The van der Waals surface area contributed by atoms with Crippen LogP contribution in [-0.4, -0.2) is 41.2 Å². The lowest BCUT2D eigenvalue weighted by molar-refractivity contribution is -0.203. The molecule has 5 aliphatic carbocycles. The van der Waals surface area contributed by atoms with Gasteiger partial charge in [-0.3, -0.25) is 0 Å². The van der Waals surface area contributed by atoms with Gasteiger partial charge in [0.05, 0.1) is 18.8 Å². The number of carbonyl (C=O) groups excluding carboxylic acids is 1. The lowest BCUT2D eigenvalue weighted by Gasteiger charge is -2.64. The maximum absolute atomic E-state index is 11.9. The van der Waals surface area contributed by atoms with Crippen molar-refractivity contribution in [2.75, 3.05) is 6.61 Å². The summed E-state index contributed by atoms with van der Waals surface area (Å²) < 4.78 is 5.49. The van der Waals surface area contributed by atoms with Gasteiger partial charge in [0.25, 0.3) is 0 Å². The molecule has 0 aliphatic heterocycles. The fraction of sp³-hybridized carbons (Fsp3) is 0.966. The fourth-order valence-electron chi connectivity index (χ4n) is 9.91. The van der Waals surface area contributed by atoms with Crippen LogP contribution < -0.4 is 5.32 Å². The Balaban J connectivity index is 1.29. The number of fused-ring (bicyclic) bond motifs is 5. The molecule has 0 radical (unpaired) electrons. The van der Waals surface area contributed by atoms with Crippen molar-refractivity contribution in [2.45, 2.75) is 117 Å². The van der Waals surface area contributed by atoms with Crippen molar-refractivity contribution < 1.29 is 19.7 Å². The summed E-state index contributed by atoms with van der Waals surface area (Å²) in [5, 5.41) is 25.2. The second-order valence-corrected chi connectivity index (χ2v) is 13.4. The van der Waals surface area contributed by atoms with Crippen LogP contribution in [0.3, 0.4) is 0 Å². The van der Waals surface area contributed by atoms with Gasteiger partial charge in [0, 0.05) is 6.04 Å². The molecule has 34 heavy (non-hydrogen) atoms. The molecular formula is C29H49NO4. The standard InChI is InChI=1S/C29H49NO4/c1-5-20-24-16-19(31)10-13-29(24,4)23-11-14-28(3)21(8-9-22(28)25(23)26(20)32)17(2)12-15-34-27(33)30-18-6-7-18/h17-26,31-32H,5-16H2,1-4H3,(H,30,33)/t17-,19-,20-,21-,22+,23+,24+,25+,26-,28-,29-/m1/s1. The number of alkyl carbamates (subject to hydrolysis) is 1. The van der Waals surface area contributed by atoms with Gasteiger partial charge in [-0.15, -0.1) is 0 Å². The molecule has 5 nitrogen and oxygen atoms in total. The zero-order valence-electron chi connectivity index (χ0n) is 22.0. The van der Waals surface area contributed by atoms with Crippen LogP contribution in [-0.2, 0) is 4.74 Å². The monoisotopic (exact) mass is 475 g/mol. The number of aliphatic hydroxyl groups excluding tert-OH is 2. The topological polar surface area (TPSA) is 78.8 Å². The van der Waals surface area contributed by atoms with Crippen LogP contribution in [0.25, 0.3) is 0 Å². The van der Waals surface area contributed by atoms with Crippen molar-refractivity contribution in [1.29, 1.82) is 0 Å². The highest BCUT2D eigenvalue weighted by Gasteiger charge is 2.64. The predicted octanol–water partition coefficient (Wildman–Crippen LogP) is 5.53. The maximum Gasteiger partial charge on any atom is 0.407 e. The first-order chi connectivity index (χ1) is 16.2. The Morgan fingerprint density at radius 2 is 1.71 bits per heavy atom. The smallest absolute Gasteiger partial charge is 0.407 e. The van der Waals surface area contributed by atoms with Crippen LogP contribution in [0, 0.1) is 52.3 Å². The molecule has 0 aromatic carbocycles. The maximum atomic E-state index is 11.9. The molecule has 5 aliphatic rings. The third-order valence-corrected chi connectivity index (χ3v) is 11.9. The molecule has 5 heteroatoms. The minimum atomic E-state index is -0.248. The van der Waals surface area contributed by atoms with E-state index in [1.165, 1.54) is 25.7 Å². The molecule has 194 valence electrons. The Morgan fingerprint density at radius 3 is 2.41 bits per heavy atom. The third kappa shape index (κ3) is 4.11. The molecule has 0 bridgehead atoms. The van der Waals surface area contributed by atoms with Gasteiger partial charge in [0.2, 0.25) is 0 Å². The van der Waals surface area contributed by atoms with E-state index in [-0.39, 0.29) is 29.1 Å². The first-order valence-corrected chi connectivity index (χ1v) is 14.5. The first kappa shape index (κ1) is 24.9. The summed E-state index contributed by atoms with van der Waals surface area (Å²) in [6.45, 7) is 10.1. The number of ether oxygens (including phenoxy) is 1. The van der Waals surface area contributed by atoms with Crippen molar-refractivity contribution in [3.05, 3.63) is 0 Å². The lowest BCUT2D eigenvalue weighted by atomic mass is 9.41. The van der Waals surface area contributed by atoms with E-state index in [1.807, 2.05) is 0 Å². The van der Waals surface area contributed by atoms with Crippen LogP contribution in [0.15, 0.2) is 0 Å². The van der Waals surface area contributed by atoms with Gasteiger partial charge < -0.3 is 20.3 Å². The molecule has 1 amide bonds. The summed E-state index contributed by atoms with van der Waals surface area (Å²) in [6.07, 6.45) is 11.3. The first-order valence-electron chi connectivity index (χ1n) is 14.5. The normalized spacial score (nSPS) is 48.9. The largest absolute Gasteiger partial charge is 0.450 e. The fourth-order valence-corrected chi connectivity index (χ4v) is 9.91. The lowest BCUT2D eigenvalue weighted by Crippen LogP contribution is -2.62. The third-order valence-electron chi connectivity index (χ3n) is 11.9. The Kier molecular flexibility index (Phi) is 6.76. The highest BCUT2D eigenvalue weighted by atomic mass is 16.5. The molecule has 0 spiro atoms. The zero-order chi connectivity index (χ0) is 24.3. The predicted molar refractivity (Wildman–Crippen MR) is 133 cm³/mol. The van der Waals surface area contributed by atoms with E-state index in [2.05, 4.69) is 33.0 Å². The van der Waals surface area contributed by atoms with Crippen molar-refractivity contribution in [3.63, 3.8) is 0 Å². The van der Waals surface area contributed by atoms with Gasteiger partial charge in [0.1, 0.15) is 0 Å². The van der Waals surface area contributed by atoms with E-state index in [0.29, 0.717) is 54.1 Å². The Hall–Kier alpha value is -0.810. The van der Waals surface area contributed by atoms with E-state index in [4.69, 9.17) is 4.74 Å². The summed E-state index contributed by atoms with van der Waals surface area (Å²) in [5.41, 5.74) is 0.533. The number of carbonyl (C=O) groups is 1. The minimum absolute atomic E-state index is 0.185. The van der Waals surface area contributed by atoms with Crippen LogP contribution in [0.4, 0.5) is 4.79 Å². The van der Waals surface area contributed by atoms with Gasteiger partial charge in [-0.25, -0.2) is 4.79 Å². The van der Waals surface area contributed by atoms with Crippen molar-refractivity contribution in [3.8, 4) is 0 Å². The molecule has 5 saturated carbocycles. The zero-order valence-corrected chi connectivity index (χ0v) is 22.0. The number of hydrogen-bond acceptors (Lipinski definition) is 4. The number of hydrogen-bond donors (Lipinski definition) is 3. The van der Waals surface area contributed by atoms with Gasteiger partial charge in [-0.05, 0) is 116 Å². The molecule has 0 saturated heterocycles. The molecule has 5 rings (SSSR count). The molecular weight excluding hydrogens is 426 g/mol. The molecule has 3 N–H and O–H groups in total. The summed E-state index contributed by atoms with van der Waals surface area (Å²) in [5.74, 6) is 3.51. The van der Waals surface area contributed by atoms with E-state index >= 15 is 0 Å².